The number of nitrogens with one attached hydrogen (secondary N) is 2. The molecule has 2 aromatic heterocycles. The molecule has 0 atom stereocenters. The van der Waals surface area contributed by atoms with Crippen LogP contribution < -0.4 is 5.32 Å². The fraction of sp³-hybridized carbons (Fsp3) is 0.0833. The number of aromatic nitrogens is 3. The van der Waals surface area contributed by atoms with Gasteiger partial charge in [0.1, 0.15) is 10.0 Å². The standard InChI is InChI=1S/C24H18N4OS2/c1-13-6-8-16(10-14(13)2)17-4-3-5-19(25-17)22-26-18-9-7-15(11-20(18)27-22)12-21-23(29)28-24(30)31-21/h3-12H,1-2H3,(H,26,27)(H,28,29,30). The second-order valence-electron chi connectivity index (χ2n) is 7.42. The maximum atomic E-state index is 11.9. The summed E-state index contributed by atoms with van der Waals surface area (Å²) >= 11 is 6.32. The van der Waals surface area contributed by atoms with Gasteiger partial charge in [0.25, 0.3) is 5.91 Å². The Morgan fingerprint density at radius 2 is 1.81 bits per heavy atom. The molecule has 1 amide bonds. The van der Waals surface area contributed by atoms with Crippen LogP contribution in [0.4, 0.5) is 0 Å². The third-order valence-electron chi connectivity index (χ3n) is 5.24. The van der Waals surface area contributed by atoms with E-state index < -0.39 is 0 Å². The van der Waals surface area contributed by atoms with E-state index in [0.29, 0.717) is 15.1 Å². The number of amides is 1. The van der Waals surface area contributed by atoms with Crippen molar-refractivity contribution in [2.24, 2.45) is 0 Å². The highest BCUT2D eigenvalue weighted by Gasteiger charge is 2.22. The largest absolute Gasteiger partial charge is 0.337 e. The molecule has 5 rings (SSSR count). The van der Waals surface area contributed by atoms with Gasteiger partial charge >= 0.3 is 0 Å². The van der Waals surface area contributed by atoms with Crippen LogP contribution in [-0.2, 0) is 4.79 Å². The summed E-state index contributed by atoms with van der Waals surface area (Å²) in [6.07, 6.45) is 1.83. The van der Waals surface area contributed by atoms with Gasteiger partial charge in [0.15, 0.2) is 5.82 Å². The zero-order valence-electron chi connectivity index (χ0n) is 16.9. The maximum absolute atomic E-state index is 11.9. The second-order valence-corrected chi connectivity index (χ2v) is 9.14. The fourth-order valence-electron chi connectivity index (χ4n) is 3.43. The van der Waals surface area contributed by atoms with Gasteiger partial charge < -0.3 is 10.3 Å². The normalized spacial score (nSPS) is 15.1. The summed E-state index contributed by atoms with van der Waals surface area (Å²) in [5, 5.41) is 2.63. The Morgan fingerprint density at radius 1 is 0.968 bits per heavy atom. The average Bonchev–Trinajstić information content (AvgIpc) is 3.32. The molecule has 3 heterocycles. The molecule has 152 valence electrons. The second kappa shape index (κ2) is 7.76. The van der Waals surface area contributed by atoms with Gasteiger partial charge in [-0.1, -0.05) is 48.2 Å². The topological polar surface area (TPSA) is 70.7 Å². The van der Waals surface area contributed by atoms with Crippen molar-refractivity contribution in [2.45, 2.75) is 13.8 Å². The molecule has 1 aliphatic heterocycles. The number of imidazole rings is 1. The third-order valence-corrected chi connectivity index (χ3v) is 6.40. The Morgan fingerprint density at radius 3 is 2.58 bits per heavy atom. The molecule has 0 spiro atoms. The molecule has 2 N–H and O–H groups in total. The minimum atomic E-state index is -0.162. The number of fused-ring (bicyclic) bond motifs is 1. The van der Waals surface area contributed by atoms with Crippen molar-refractivity contribution in [1.29, 1.82) is 0 Å². The number of thiocarbonyl (C=S) groups is 1. The third kappa shape index (κ3) is 3.89. The van der Waals surface area contributed by atoms with E-state index in [1.165, 1.54) is 22.9 Å². The van der Waals surface area contributed by atoms with Crippen LogP contribution in [0.3, 0.4) is 0 Å². The van der Waals surface area contributed by atoms with Crippen molar-refractivity contribution in [2.75, 3.05) is 0 Å². The predicted molar refractivity (Wildman–Crippen MR) is 131 cm³/mol. The summed E-state index contributed by atoms with van der Waals surface area (Å²) in [6.45, 7) is 4.21. The zero-order valence-corrected chi connectivity index (χ0v) is 18.5. The Hall–Kier alpha value is -3.29. The van der Waals surface area contributed by atoms with Crippen LogP contribution in [-0.4, -0.2) is 25.2 Å². The summed E-state index contributed by atoms with van der Waals surface area (Å²) < 4.78 is 0.481. The maximum Gasteiger partial charge on any atom is 0.263 e. The van der Waals surface area contributed by atoms with Crippen LogP contribution in [0.25, 0.3) is 39.9 Å². The molecule has 0 radical (unpaired) electrons. The first-order chi connectivity index (χ1) is 15.0. The van der Waals surface area contributed by atoms with Gasteiger partial charge in [-0.2, -0.15) is 0 Å². The van der Waals surface area contributed by atoms with Gasteiger partial charge in [0.05, 0.1) is 21.6 Å². The molecule has 1 fully saturated rings. The molecule has 4 aromatic rings. The van der Waals surface area contributed by atoms with E-state index >= 15 is 0 Å². The van der Waals surface area contributed by atoms with E-state index in [4.69, 9.17) is 22.2 Å². The number of carbonyl (C=O) groups excluding carboxylic acids is 1. The highest BCUT2D eigenvalue weighted by Crippen LogP contribution is 2.28. The van der Waals surface area contributed by atoms with Crippen LogP contribution >= 0.6 is 24.0 Å². The summed E-state index contributed by atoms with van der Waals surface area (Å²) in [4.78, 5) is 25.4. The van der Waals surface area contributed by atoms with Crippen LogP contribution in [0, 0.1) is 13.8 Å². The Kier molecular flexibility index (Phi) is 4.92. The number of H-pyrrole nitrogens is 1. The molecule has 31 heavy (non-hydrogen) atoms. The van der Waals surface area contributed by atoms with Crippen molar-refractivity contribution in [3.63, 3.8) is 0 Å². The van der Waals surface area contributed by atoms with Gasteiger partial charge in [-0.15, -0.1) is 0 Å². The molecular weight excluding hydrogens is 424 g/mol. The van der Waals surface area contributed by atoms with Gasteiger partial charge in [-0.05, 0) is 66.9 Å². The highest BCUT2D eigenvalue weighted by molar-refractivity contribution is 8.26. The van der Waals surface area contributed by atoms with Crippen molar-refractivity contribution in [1.82, 2.24) is 20.3 Å². The van der Waals surface area contributed by atoms with E-state index in [0.717, 1.165) is 33.5 Å². The first-order valence-electron chi connectivity index (χ1n) is 9.76. The number of rotatable bonds is 3. The first-order valence-corrected chi connectivity index (χ1v) is 11.0. The van der Waals surface area contributed by atoms with E-state index in [2.05, 4.69) is 42.3 Å². The smallest absolute Gasteiger partial charge is 0.263 e. The molecule has 0 aliphatic carbocycles. The molecule has 0 unspecified atom stereocenters. The van der Waals surface area contributed by atoms with Crippen molar-refractivity contribution in [3.8, 4) is 22.8 Å². The van der Waals surface area contributed by atoms with Crippen LogP contribution in [0.1, 0.15) is 16.7 Å². The summed E-state index contributed by atoms with van der Waals surface area (Å²) in [6, 6.07) is 18.2. The lowest BCUT2D eigenvalue weighted by molar-refractivity contribution is -0.115. The lowest BCUT2D eigenvalue weighted by atomic mass is 10.0. The molecule has 0 bridgehead atoms. The van der Waals surface area contributed by atoms with E-state index in [1.54, 1.807) is 0 Å². The molecule has 5 nitrogen and oxygen atoms in total. The SMILES string of the molecule is Cc1ccc(-c2cccc(-c3nc4cc(C=C5SC(=S)NC5=O)ccc4[nH]3)n2)cc1C. The number of hydrogen-bond donors (Lipinski definition) is 2. The lowest BCUT2D eigenvalue weighted by Gasteiger charge is -2.06. The number of carbonyl (C=O) groups is 1. The number of pyridine rings is 1. The van der Waals surface area contributed by atoms with Gasteiger partial charge in [0.2, 0.25) is 0 Å². The van der Waals surface area contributed by atoms with Crippen LogP contribution in [0.15, 0.2) is 59.5 Å². The number of aryl methyl sites for hydroxylation is 2. The van der Waals surface area contributed by atoms with Gasteiger partial charge in [0, 0.05) is 5.56 Å². The fourth-order valence-corrected chi connectivity index (χ4v) is 4.48. The van der Waals surface area contributed by atoms with Crippen LogP contribution in [0.5, 0.6) is 0 Å². The molecule has 1 saturated heterocycles. The van der Waals surface area contributed by atoms with Crippen molar-refractivity contribution in [3.05, 3.63) is 76.2 Å². The Labute approximate surface area is 189 Å². The zero-order chi connectivity index (χ0) is 21.5. The minimum absolute atomic E-state index is 0.162. The van der Waals surface area contributed by atoms with Gasteiger partial charge in [-0.25, -0.2) is 9.97 Å². The van der Waals surface area contributed by atoms with Crippen LogP contribution in [0.2, 0.25) is 0 Å². The quantitative estimate of drug-likeness (QED) is 0.328. The molecule has 1 aliphatic rings. The lowest BCUT2D eigenvalue weighted by Crippen LogP contribution is -2.17. The van der Waals surface area contributed by atoms with Gasteiger partial charge in [-0.3, -0.25) is 4.79 Å². The van der Waals surface area contributed by atoms with Crippen molar-refractivity contribution < 1.29 is 4.79 Å². The van der Waals surface area contributed by atoms with E-state index in [1.807, 2.05) is 42.5 Å². The number of benzene rings is 2. The first kappa shape index (κ1) is 19.7. The van der Waals surface area contributed by atoms with E-state index in [9.17, 15) is 4.79 Å². The predicted octanol–water partition coefficient (Wildman–Crippen LogP) is 5.40. The molecular formula is C24H18N4OS2. The number of hydrogen-bond acceptors (Lipinski definition) is 5. The summed E-state index contributed by atoms with van der Waals surface area (Å²) in [5.41, 5.74) is 7.89. The highest BCUT2D eigenvalue weighted by atomic mass is 32.2. The molecule has 2 aromatic carbocycles. The summed E-state index contributed by atoms with van der Waals surface area (Å²) in [5.74, 6) is 0.546. The number of thioether (sulfide) groups is 1. The Bertz CT molecular complexity index is 1400. The molecule has 7 heteroatoms. The average molecular weight is 443 g/mol. The minimum Gasteiger partial charge on any atom is -0.337 e. The molecule has 0 saturated carbocycles. The number of aromatic amines is 1. The van der Waals surface area contributed by atoms with Crippen molar-refractivity contribution >= 4 is 51.3 Å². The summed E-state index contributed by atoms with van der Waals surface area (Å²) in [7, 11) is 0. The van der Waals surface area contributed by atoms with E-state index in [-0.39, 0.29) is 5.91 Å². The number of nitrogens with zero attached hydrogens (tertiary/aromatic N) is 2. The monoisotopic (exact) mass is 442 g/mol. The Balaban J connectivity index is 1.49.